The third kappa shape index (κ3) is 7.20. The van der Waals surface area contributed by atoms with Gasteiger partial charge in [0.05, 0.1) is 18.8 Å². The van der Waals surface area contributed by atoms with E-state index < -0.39 is 12.7 Å². The minimum Gasteiger partial charge on any atom is -0.364 e. The van der Waals surface area contributed by atoms with Gasteiger partial charge < -0.3 is 14.7 Å². The molecule has 7 nitrogen and oxygen atoms in total. The molecule has 1 N–H and O–H groups in total. The topological polar surface area (TPSA) is 60.1 Å². The van der Waals surface area contributed by atoms with Crippen molar-refractivity contribution in [1.29, 1.82) is 0 Å². The van der Waals surface area contributed by atoms with Crippen molar-refractivity contribution >= 4 is 5.96 Å². The maximum absolute atomic E-state index is 12.4. The largest absolute Gasteiger partial charge is 0.401 e. The molecule has 0 atom stereocenters. The molecule has 1 aliphatic heterocycles. The second-order valence-electron chi connectivity index (χ2n) is 6.34. The van der Waals surface area contributed by atoms with Crippen molar-refractivity contribution in [3.05, 3.63) is 18.0 Å². The van der Waals surface area contributed by atoms with Gasteiger partial charge in [0.2, 0.25) is 0 Å². The number of halogens is 3. The van der Waals surface area contributed by atoms with Crippen LogP contribution >= 0.6 is 0 Å². The van der Waals surface area contributed by atoms with Gasteiger partial charge in [-0.2, -0.15) is 13.2 Å². The normalized spacial score (nSPS) is 17.2. The Hall–Kier alpha value is -1.81. The molecule has 1 fully saturated rings. The molecule has 0 saturated carbocycles. The number of aromatic nitrogens is 1. The van der Waals surface area contributed by atoms with Crippen LogP contribution in [0.25, 0.3) is 0 Å². The highest BCUT2D eigenvalue weighted by molar-refractivity contribution is 5.80. The first-order valence-electron chi connectivity index (χ1n) is 8.77. The number of hydrogen-bond acceptors (Lipinski definition) is 5. The Morgan fingerprint density at radius 2 is 2.08 bits per heavy atom. The van der Waals surface area contributed by atoms with Crippen molar-refractivity contribution in [2.75, 3.05) is 59.4 Å². The summed E-state index contributed by atoms with van der Waals surface area (Å²) in [5.74, 6) is 0.758. The van der Waals surface area contributed by atoms with Crippen LogP contribution in [0.2, 0.25) is 0 Å². The number of nitrogens with zero attached hydrogens (tertiary/aromatic N) is 5. The Bertz CT molecular complexity index is 541. The van der Waals surface area contributed by atoms with Crippen molar-refractivity contribution in [2.45, 2.75) is 19.6 Å². The molecule has 1 aromatic rings. The van der Waals surface area contributed by atoms with Gasteiger partial charge in [0.15, 0.2) is 5.96 Å². The summed E-state index contributed by atoms with van der Waals surface area (Å²) in [6.07, 6.45) is -2.61. The quantitative estimate of drug-likeness (QED) is 0.571. The first-order chi connectivity index (χ1) is 12.4. The molecule has 2 rings (SSSR count). The van der Waals surface area contributed by atoms with E-state index in [1.165, 1.54) is 11.9 Å². The Labute approximate surface area is 151 Å². The number of aliphatic imine (C=N–C) groups is 1. The van der Waals surface area contributed by atoms with E-state index in [1.807, 2.05) is 13.0 Å². The third-order valence-electron chi connectivity index (χ3n) is 4.08. The Balaban J connectivity index is 1.79. The lowest BCUT2D eigenvalue weighted by atomic mass is 10.3. The molecular formula is C16H27F3N6O. The molecule has 148 valence electrons. The predicted octanol–water partition coefficient (Wildman–Crippen LogP) is 1.25. The smallest absolute Gasteiger partial charge is 0.364 e. The van der Waals surface area contributed by atoms with Crippen molar-refractivity contribution in [1.82, 2.24) is 25.2 Å². The first kappa shape index (κ1) is 20.5. The standard InChI is InChI=1S/C16H27F3N6O/c1-3-20-15(21-5-6-23(2)13-16(17,18)19)25-9-7-24(8-10-25)12-14-4-11-26-22-14/h4,11H,3,5-10,12-13H2,1-2H3,(H,20,21). The van der Waals surface area contributed by atoms with Gasteiger partial charge in [0.25, 0.3) is 0 Å². The van der Waals surface area contributed by atoms with E-state index in [2.05, 4.69) is 25.3 Å². The molecule has 0 bridgehead atoms. The van der Waals surface area contributed by atoms with E-state index in [0.717, 1.165) is 50.9 Å². The third-order valence-corrected chi connectivity index (χ3v) is 4.08. The predicted molar refractivity (Wildman–Crippen MR) is 92.9 cm³/mol. The summed E-state index contributed by atoms with van der Waals surface area (Å²) in [4.78, 5) is 10.2. The number of alkyl halides is 3. The highest BCUT2D eigenvalue weighted by Crippen LogP contribution is 2.15. The van der Waals surface area contributed by atoms with Gasteiger partial charge in [-0.05, 0) is 14.0 Å². The van der Waals surface area contributed by atoms with Crippen LogP contribution in [0.4, 0.5) is 13.2 Å². The van der Waals surface area contributed by atoms with Crippen molar-refractivity contribution in [2.24, 2.45) is 4.99 Å². The summed E-state index contributed by atoms with van der Waals surface area (Å²) in [6.45, 7) is 6.47. The van der Waals surface area contributed by atoms with Crippen LogP contribution in [-0.2, 0) is 6.54 Å². The molecule has 10 heteroatoms. The zero-order valence-electron chi connectivity index (χ0n) is 15.3. The van der Waals surface area contributed by atoms with E-state index >= 15 is 0 Å². The zero-order chi connectivity index (χ0) is 19.0. The van der Waals surface area contributed by atoms with E-state index in [9.17, 15) is 13.2 Å². The lowest BCUT2D eigenvalue weighted by Gasteiger charge is -2.36. The van der Waals surface area contributed by atoms with Crippen molar-refractivity contribution in [3.63, 3.8) is 0 Å². The first-order valence-corrected chi connectivity index (χ1v) is 8.77. The molecule has 1 aliphatic rings. The molecule has 0 spiro atoms. The van der Waals surface area contributed by atoms with Crippen LogP contribution < -0.4 is 5.32 Å². The molecule has 0 aromatic carbocycles. The fraction of sp³-hybridized carbons (Fsp3) is 0.750. The van der Waals surface area contributed by atoms with Crippen molar-refractivity contribution < 1.29 is 17.7 Å². The van der Waals surface area contributed by atoms with E-state index in [0.29, 0.717) is 6.54 Å². The second-order valence-corrected chi connectivity index (χ2v) is 6.34. The monoisotopic (exact) mass is 376 g/mol. The van der Waals surface area contributed by atoms with Crippen LogP contribution in [-0.4, -0.2) is 91.4 Å². The molecule has 0 amide bonds. The number of likely N-dealkylation sites (N-methyl/N-ethyl adjacent to an activating group) is 1. The van der Waals surface area contributed by atoms with Crippen LogP contribution in [0.1, 0.15) is 12.6 Å². The summed E-state index contributed by atoms with van der Waals surface area (Å²) in [5.41, 5.74) is 0.909. The maximum atomic E-state index is 12.4. The van der Waals surface area contributed by atoms with Crippen molar-refractivity contribution in [3.8, 4) is 0 Å². The summed E-state index contributed by atoms with van der Waals surface area (Å²) < 4.78 is 41.9. The van der Waals surface area contributed by atoms with Gasteiger partial charge in [0, 0.05) is 51.9 Å². The average molecular weight is 376 g/mol. The maximum Gasteiger partial charge on any atom is 0.401 e. The van der Waals surface area contributed by atoms with E-state index in [4.69, 9.17) is 4.52 Å². The molecule has 2 heterocycles. The number of rotatable bonds is 7. The van der Waals surface area contributed by atoms with Gasteiger partial charge in [-0.15, -0.1) is 0 Å². The minimum atomic E-state index is -4.18. The number of piperazine rings is 1. The number of guanidine groups is 1. The lowest BCUT2D eigenvalue weighted by Crippen LogP contribution is -2.52. The highest BCUT2D eigenvalue weighted by Gasteiger charge is 2.28. The molecule has 0 unspecified atom stereocenters. The number of nitrogens with one attached hydrogen (secondary N) is 1. The van der Waals surface area contributed by atoms with E-state index in [1.54, 1.807) is 6.26 Å². The van der Waals surface area contributed by atoms with Gasteiger partial charge in [0.1, 0.15) is 6.26 Å². The highest BCUT2D eigenvalue weighted by atomic mass is 19.4. The summed E-state index contributed by atoms with van der Waals surface area (Å²) >= 11 is 0. The lowest BCUT2D eigenvalue weighted by molar-refractivity contribution is -0.142. The average Bonchev–Trinajstić information content (AvgIpc) is 3.06. The van der Waals surface area contributed by atoms with Crippen LogP contribution in [0.5, 0.6) is 0 Å². The number of hydrogen-bond donors (Lipinski definition) is 1. The zero-order valence-corrected chi connectivity index (χ0v) is 15.3. The molecule has 1 saturated heterocycles. The van der Waals surface area contributed by atoms with Gasteiger partial charge in [-0.3, -0.25) is 14.8 Å². The van der Waals surface area contributed by atoms with Gasteiger partial charge >= 0.3 is 6.18 Å². The van der Waals surface area contributed by atoms with Crippen LogP contribution in [0, 0.1) is 0 Å². The summed E-state index contributed by atoms with van der Waals surface area (Å²) in [6, 6.07) is 1.86. The molecule has 0 radical (unpaired) electrons. The molecule has 26 heavy (non-hydrogen) atoms. The summed E-state index contributed by atoms with van der Waals surface area (Å²) in [7, 11) is 1.46. The minimum absolute atomic E-state index is 0.264. The Morgan fingerprint density at radius 3 is 2.65 bits per heavy atom. The fourth-order valence-corrected chi connectivity index (χ4v) is 2.80. The summed E-state index contributed by atoms with van der Waals surface area (Å²) in [5, 5.41) is 7.15. The molecule has 1 aromatic heterocycles. The second kappa shape index (κ2) is 9.77. The van der Waals surface area contributed by atoms with E-state index in [-0.39, 0.29) is 6.54 Å². The fourth-order valence-electron chi connectivity index (χ4n) is 2.80. The van der Waals surface area contributed by atoms with Crippen LogP contribution in [0.3, 0.4) is 0 Å². The van der Waals surface area contributed by atoms with Gasteiger partial charge in [-0.1, -0.05) is 5.16 Å². The molecular weight excluding hydrogens is 349 g/mol. The molecule has 0 aliphatic carbocycles. The Morgan fingerprint density at radius 1 is 1.35 bits per heavy atom. The SMILES string of the molecule is CCNC(=NCCN(C)CC(F)(F)F)N1CCN(Cc2ccon2)CC1. The van der Waals surface area contributed by atoms with Crippen LogP contribution in [0.15, 0.2) is 21.8 Å². The van der Waals surface area contributed by atoms with Gasteiger partial charge in [-0.25, -0.2) is 0 Å². The Kier molecular flexibility index (Phi) is 7.70.